The van der Waals surface area contributed by atoms with Crippen LogP contribution in [0.3, 0.4) is 0 Å². The highest BCUT2D eigenvalue weighted by Crippen LogP contribution is 2.37. The fourth-order valence-corrected chi connectivity index (χ4v) is 2.83. The molecule has 0 unspecified atom stereocenters. The van der Waals surface area contributed by atoms with Crippen molar-refractivity contribution in [3.05, 3.63) is 73.8 Å². The summed E-state index contributed by atoms with van der Waals surface area (Å²) in [5.74, 6) is 0.337. The molecule has 3 rings (SSSR count). The van der Waals surface area contributed by atoms with Gasteiger partial charge in [0.1, 0.15) is 5.76 Å². The molecule has 0 N–H and O–H groups in total. The number of ether oxygens (including phenoxy) is 3. The third-order valence-electron chi connectivity index (χ3n) is 3.89. The average Bonchev–Trinajstić information content (AvgIpc) is 3.02. The van der Waals surface area contributed by atoms with E-state index in [4.69, 9.17) is 14.2 Å². The Bertz CT molecular complexity index is 978. The van der Waals surface area contributed by atoms with E-state index in [-0.39, 0.29) is 22.6 Å². The topological polar surface area (TPSA) is 87.9 Å². The van der Waals surface area contributed by atoms with Gasteiger partial charge < -0.3 is 14.2 Å². The molecule has 0 atom stereocenters. The number of cyclic esters (lactones) is 1. The molecule has 8 heteroatoms. The third-order valence-corrected chi connectivity index (χ3v) is 4.42. The van der Waals surface area contributed by atoms with Crippen LogP contribution in [0.5, 0.6) is 11.5 Å². The Labute approximate surface area is 163 Å². The quantitative estimate of drug-likeness (QED) is 0.302. The van der Waals surface area contributed by atoms with Crippen LogP contribution < -0.4 is 9.47 Å². The lowest BCUT2D eigenvalue weighted by Gasteiger charge is -2.08. The molecular formula is C19H14BrNO6. The number of nitro benzene ring substituents is 1. The lowest BCUT2D eigenvalue weighted by molar-refractivity contribution is -0.385. The second-order valence-electron chi connectivity index (χ2n) is 5.53. The van der Waals surface area contributed by atoms with Crippen LogP contribution in [0.25, 0.3) is 11.8 Å². The first-order valence-corrected chi connectivity index (χ1v) is 8.54. The van der Waals surface area contributed by atoms with Gasteiger partial charge in [0.2, 0.25) is 0 Å². The van der Waals surface area contributed by atoms with Crippen LogP contribution in [0.4, 0.5) is 5.69 Å². The number of halogens is 1. The molecular weight excluding hydrogens is 418 g/mol. The van der Waals surface area contributed by atoms with E-state index in [9.17, 15) is 14.9 Å². The number of carbonyl (C=O) groups is 1. The van der Waals surface area contributed by atoms with Crippen molar-refractivity contribution in [2.24, 2.45) is 0 Å². The highest BCUT2D eigenvalue weighted by molar-refractivity contribution is 9.10. The molecule has 0 saturated heterocycles. The van der Waals surface area contributed by atoms with Crippen LogP contribution in [-0.4, -0.2) is 25.1 Å². The van der Waals surface area contributed by atoms with Gasteiger partial charge in [0.25, 0.3) is 5.69 Å². The Kier molecular flexibility index (Phi) is 5.27. The summed E-state index contributed by atoms with van der Waals surface area (Å²) in [5.41, 5.74) is 0.913. The first-order valence-electron chi connectivity index (χ1n) is 7.75. The van der Waals surface area contributed by atoms with Crippen LogP contribution >= 0.6 is 15.9 Å². The van der Waals surface area contributed by atoms with Crippen molar-refractivity contribution in [2.75, 3.05) is 14.2 Å². The molecule has 0 fully saturated rings. The second-order valence-corrected chi connectivity index (χ2v) is 6.44. The molecule has 0 aliphatic carbocycles. The van der Waals surface area contributed by atoms with Crippen molar-refractivity contribution in [2.45, 2.75) is 0 Å². The van der Waals surface area contributed by atoms with E-state index in [2.05, 4.69) is 15.9 Å². The average molecular weight is 432 g/mol. The maximum absolute atomic E-state index is 12.2. The van der Waals surface area contributed by atoms with E-state index in [1.807, 2.05) is 12.1 Å². The first-order chi connectivity index (χ1) is 12.9. The summed E-state index contributed by atoms with van der Waals surface area (Å²) in [6.07, 6.45) is 2.94. The molecule has 0 radical (unpaired) electrons. The Morgan fingerprint density at radius 3 is 2.33 bits per heavy atom. The predicted octanol–water partition coefficient (Wildman–Crippen LogP) is 4.36. The summed E-state index contributed by atoms with van der Waals surface area (Å²) in [6.45, 7) is 0. The number of methoxy groups -OCH3 is 2. The van der Waals surface area contributed by atoms with Gasteiger partial charge in [-0.15, -0.1) is 0 Å². The number of nitrogens with zero attached hydrogens (tertiary/aromatic N) is 1. The molecule has 27 heavy (non-hydrogen) atoms. The number of carbonyl (C=O) groups excluding carboxylic acids is 1. The van der Waals surface area contributed by atoms with Gasteiger partial charge in [-0.3, -0.25) is 10.1 Å². The molecule has 7 nitrogen and oxygen atoms in total. The summed E-state index contributed by atoms with van der Waals surface area (Å²) < 4.78 is 16.5. The minimum Gasteiger partial charge on any atom is -0.493 e. The van der Waals surface area contributed by atoms with E-state index in [0.29, 0.717) is 11.5 Å². The van der Waals surface area contributed by atoms with Crippen LogP contribution in [0.15, 0.2) is 52.5 Å². The van der Waals surface area contributed by atoms with Crippen LogP contribution in [0.1, 0.15) is 11.1 Å². The lowest BCUT2D eigenvalue weighted by atomic mass is 10.1. The third kappa shape index (κ3) is 3.85. The predicted molar refractivity (Wildman–Crippen MR) is 102 cm³/mol. The number of esters is 1. The molecule has 1 aliphatic heterocycles. The van der Waals surface area contributed by atoms with Crippen LogP contribution in [0, 0.1) is 10.1 Å². The standard InChI is InChI=1S/C19H14BrNO6/c1-25-17-8-12(15(21(23)24)10-18(17)26-2)7-13-9-16(27-19(13)22)11-3-5-14(20)6-4-11/h3-10H,1-2H3. The van der Waals surface area contributed by atoms with Gasteiger partial charge >= 0.3 is 5.97 Å². The zero-order valence-electron chi connectivity index (χ0n) is 14.4. The van der Waals surface area contributed by atoms with Crippen molar-refractivity contribution in [1.82, 2.24) is 0 Å². The van der Waals surface area contributed by atoms with Gasteiger partial charge in [0.05, 0.1) is 36.3 Å². The molecule has 1 heterocycles. The second kappa shape index (κ2) is 7.63. The number of rotatable bonds is 5. The van der Waals surface area contributed by atoms with Gasteiger partial charge in [-0.05, 0) is 30.4 Å². The molecule has 2 aromatic rings. The minimum absolute atomic E-state index is 0.197. The molecule has 0 bridgehead atoms. The highest BCUT2D eigenvalue weighted by Gasteiger charge is 2.25. The Hall–Kier alpha value is -3.13. The maximum Gasteiger partial charge on any atom is 0.343 e. The molecule has 0 spiro atoms. The maximum atomic E-state index is 12.2. The molecule has 1 aliphatic rings. The van der Waals surface area contributed by atoms with E-state index < -0.39 is 10.9 Å². The minimum atomic E-state index is -0.586. The Morgan fingerprint density at radius 2 is 1.74 bits per heavy atom. The lowest BCUT2D eigenvalue weighted by Crippen LogP contribution is -1.99. The van der Waals surface area contributed by atoms with Gasteiger partial charge in [-0.1, -0.05) is 28.1 Å². The van der Waals surface area contributed by atoms with Crippen molar-refractivity contribution in [3.8, 4) is 11.5 Å². The zero-order chi connectivity index (χ0) is 19.6. The Morgan fingerprint density at radius 1 is 1.11 bits per heavy atom. The molecule has 2 aromatic carbocycles. The van der Waals surface area contributed by atoms with Crippen molar-refractivity contribution in [1.29, 1.82) is 0 Å². The number of benzene rings is 2. The van der Waals surface area contributed by atoms with Gasteiger partial charge in [0.15, 0.2) is 11.5 Å². The molecule has 0 amide bonds. The number of nitro groups is 1. The number of hydrogen-bond donors (Lipinski definition) is 0. The zero-order valence-corrected chi connectivity index (χ0v) is 16.0. The highest BCUT2D eigenvalue weighted by atomic mass is 79.9. The fourth-order valence-electron chi connectivity index (χ4n) is 2.57. The molecule has 0 saturated carbocycles. The van der Waals surface area contributed by atoms with Crippen LogP contribution in [0.2, 0.25) is 0 Å². The van der Waals surface area contributed by atoms with Crippen molar-refractivity contribution < 1.29 is 23.9 Å². The summed E-state index contributed by atoms with van der Waals surface area (Å²) >= 11 is 3.34. The van der Waals surface area contributed by atoms with Gasteiger partial charge in [-0.2, -0.15) is 0 Å². The van der Waals surface area contributed by atoms with Gasteiger partial charge in [0, 0.05) is 10.0 Å². The normalized spacial score (nSPS) is 14.7. The SMILES string of the molecule is COc1cc(C=C2C=C(c3ccc(Br)cc3)OC2=O)c([N+](=O)[O-])cc1OC. The summed E-state index contributed by atoms with van der Waals surface area (Å²) in [5, 5.41) is 11.4. The summed E-state index contributed by atoms with van der Waals surface area (Å²) in [6, 6.07) is 9.94. The first kappa shape index (κ1) is 18.7. The molecule has 138 valence electrons. The van der Waals surface area contributed by atoms with Crippen LogP contribution in [-0.2, 0) is 9.53 Å². The van der Waals surface area contributed by atoms with Gasteiger partial charge in [-0.25, -0.2) is 4.79 Å². The monoisotopic (exact) mass is 431 g/mol. The van der Waals surface area contributed by atoms with Crippen molar-refractivity contribution in [3.63, 3.8) is 0 Å². The van der Waals surface area contributed by atoms with Crippen molar-refractivity contribution >= 4 is 39.4 Å². The molecule has 0 aromatic heterocycles. The smallest absolute Gasteiger partial charge is 0.343 e. The summed E-state index contributed by atoms with van der Waals surface area (Å²) in [4.78, 5) is 23.1. The van der Waals surface area contributed by atoms with E-state index in [0.717, 1.165) is 10.0 Å². The summed E-state index contributed by atoms with van der Waals surface area (Å²) in [7, 11) is 2.82. The van der Waals surface area contributed by atoms with E-state index >= 15 is 0 Å². The van der Waals surface area contributed by atoms with E-state index in [1.165, 1.54) is 32.4 Å². The van der Waals surface area contributed by atoms with E-state index in [1.54, 1.807) is 18.2 Å². The number of hydrogen-bond acceptors (Lipinski definition) is 6. The fraction of sp³-hybridized carbons (Fsp3) is 0.105. The Balaban J connectivity index is 2.06. The largest absolute Gasteiger partial charge is 0.493 e.